The number of ether oxygens (including phenoxy) is 1. The highest BCUT2D eigenvalue weighted by molar-refractivity contribution is 7.99. The molecule has 1 aromatic carbocycles. The van der Waals surface area contributed by atoms with E-state index in [1.54, 1.807) is 29.9 Å². The molecule has 2 amide bonds. The van der Waals surface area contributed by atoms with Crippen LogP contribution in [-0.2, 0) is 11.8 Å². The van der Waals surface area contributed by atoms with Gasteiger partial charge in [-0.25, -0.2) is 0 Å². The molecule has 0 fully saturated rings. The first kappa shape index (κ1) is 18.6. The standard InChI is InChI=1S/C17H18N6O3S/c1-3-26-14-9-5-4-7-12(14)23-17(19-20-21-23)27-11-15(24)18-16(25)13-8-6-10-22(13)2/h4-10H,3,11H2,1-2H3,(H,18,24,25). The van der Waals surface area contributed by atoms with Gasteiger partial charge in [0.1, 0.15) is 17.1 Å². The van der Waals surface area contributed by atoms with E-state index in [4.69, 9.17) is 4.74 Å². The summed E-state index contributed by atoms with van der Waals surface area (Å²) in [5.41, 5.74) is 1.08. The summed E-state index contributed by atoms with van der Waals surface area (Å²) in [6.45, 7) is 2.39. The fourth-order valence-electron chi connectivity index (χ4n) is 2.38. The van der Waals surface area contributed by atoms with Gasteiger partial charge in [-0.2, -0.15) is 4.68 Å². The summed E-state index contributed by atoms with van der Waals surface area (Å²) < 4.78 is 8.74. The van der Waals surface area contributed by atoms with E-state index in [1.807, 2.05) is 31.2 Å². The molecule has 0 aliphatic carbocycles. The zero-order chi connectivity index (χ0) is 19.2. The third-order valence-corrected chi connectivity index (χ3v) is 4.52. The second-order valence-electron chi connectivity index (χ2n) is 5.44. The van der Waals surface area contributed by atoms with Crippen LogP contribution in [0.2, 0.25) is 0 Å². The smallest absolute Gasteiger partial charge is 0.274 e. The number of thioether (sulfide) groups is 1. The van der Waals surface area contributed by atoms with Gasteiger partial charge in [-0.1, -0.05) is 23.9 Å². The molecule has 0 radical (unpaired) electrons. The minimum absolute atomic E-state index is 0.00661. The molecule has 0 aliphatic rings. The quantitative estimate of drug-likeness (QED) is 0.613. The van der Waals surface area contributed by atoms with Gasteiger partial charge in [0.2, 0.25) is 11.1 Å². The van der Waals surface area contributed by atoms with Crippen LogP contribution < -0.4 is 10.1 Å². The lowest BCUT2D eigenvalue weighted by Gasteiger charge is -2.10. The Kier molecular flexibility index (Phi) is 5.87. The molecule has 3 rings (SSSR count). The number of amides is 2. The Balaban J connectivity index is 1.66. The number of aromatic nitrogens is 5. The molecule has 0 bridgehead atoms. The molecule has 0 atom stereocenters. The van der Waals surface area contributed by atoms with Crippen LogP contribution in [0.3, 0.4) is 0 Å². The van der Waals surface area contributed by atoms with Crippen molar-refractivity contribution >= 4 is 23.6 Å². The SMILES string of the molecule is CCOc1ccccc1-n1nnnc1SCC(=O)NC(=O)c1cccn1C. The number of tetrazole rings is 1. The van der Waals surface area contributed by atoms with Crippen molar-refractivity contribution in [3.8, 4) is 11.4 Å². The maximum Gasteiger partial charge on any atom is 0.274 e. The lowest BCUT2D eigenvalue weighted by Crippen LogP contribution is -2.33. The van der Waals surface area contributed by atoms with E-state index in [2.05, 4.69) is 20.8 Å². The van der Waals surface area contributed by atoms with Gasteiger partial charge in [-0.05, 0) is 41.6 Å². The zero-order valence-corrected chi connectivity index (χ0v) is 15.6. The first-order valence-corrected chi connectivity index (χ1v) is 9.17. The topological polar surface area (TPSA) is 104 Å². The highest BCUT2D eigenvalue weighted by atomic mass is 32.2. The van der Waals surface area contributed by atoms with Gasteiger partial charge in [0.05, 0.1) is 12.4 Å². The number of nitrogens with zero attached hydrogens (tertiary/aromatic N) is 5. The summed E-state index contributed by atoms with van der Waals surface area (Å²) >= 11 is 1.13. The van der Waals surface area contributed by atoms with Crippen LogP contribution in [0, 0.1) is 0 Å². The average Bonchev–Trinajstić information content (AvgIpc) is 3.29. The molecule has 27 heavy (non-hydrogen) atoms. The molecular weight excluding hydrogens is 368 g/mol. The highest BCUT2D eigenvalue weighted by Gasteiger charge is 2.17. The van der Waals surface area contributed by atoms with E-state index in [0.29, 0.717) is 28.9 Å². The summed E-state index contributed by atoms with van der Waals surface area (Å²) in [6.07, 6.45) is 1.73. The molecule has 0 unspecified atom stereocenters. The maximum atomic E-state index is 12.1. The Hall–Kier alpha value is -3.14. The molecule has 0 saturated carbocycles. The van der Waals surface area contributed by atoms with Gasteiger partial charge in [0.15, 0.2) is 0 Å². The predicted octanol–water partition coefficient (Wildman–Crippen LogP) is 1.45. The Morgan fingerprint density at radius 2 is 2.04 bits per heavy atom. The lowest BCUT2D eigenvalue weighted by molar-refractivity contribution is -0.117. The van der Waals surface area contributed by atoms with Crippen molar-refractivity contribution in [3.05, 3.63) is 48.3 Å². The van der Waals surface area contributed by atoms with Gasteiger partial charge in [0.25, 0.3) is 5.91 Å². The van der Waals surface area contributed by atoms with Crippen LogP contribution in [-0.4, -0.2) is 48.9 Å². The third kappa shape index (κ3) is 4.34. The number of nitrogens with one attached hydrogen (secondary N) is 1. The minimum Gasteiger partial charge on any atom is -0.492 e. The summed E-state index contributed by atoms with van der Waals surface area (Å²) in [6, 6.07) is 10.7. The fraction of sp³-hybridized carbons (Fsp3) is 0.235. The predicted molar refractivity (Wildman–Crippen MR) is 98.9 cm³/mol. The van der Waals surface area contributed by atoms with E-state index >= 15 is 0 Å². The van der Waals surface area contributed by atoms with Crippen LogP contribution in [0.4, 0.5) is 0 Å². The number of para-hydroxylation sites is 2. The van der Waals surface area contributed by atoms with Gasteiger partial charge in [0, 0.05) is 13.2 Å². The second-order valence-corrected chi connectivity index (χ2v) is 6.39. The molecule has 1 N–H and O–H groups in total. The van der Waals surface area contributed by atoms with Crippen molar-refractivity contribution in [2.45, 2.75) is 12.1 Å². The highest BCUT2D eigenvalue weighted by Crippen LogP contribution is 2.25. The number of rotatable bonds is 7. The molecule has 2 heterocycles. The molecule has 9 nitrogen and oxygen atoms in total. The van der Waals surface area contributed by atoms with Gasteiger partial charge in [-0.15, -0.1) is 5.10 Å². The normalized spacial score (nSPS) is 10.6. The minimum atomic E-state index is -0.450. The Morgan fingerprint density at radius 3 is 2.78 bits per heavy atom. The number of carbonyl (C=O) groups excluding carboxylic acids is 2. The summed E-state index contributed by atoms with van der Waals surface area (Å²) in [5.74, 6) is -0.251. The number of carbonyl (C=O) groups is 2. The number of benzene rings is 1. The van der Waals surface area contributed by atoms with E-state index < -0.39 is 11.8 Å². The number of imide groups is 1. The van der Waals surface area contributed by atoms with Crippen molar-refractivity contribution in [1.29, 1.82) is 0 Å². The van der Waals surface area contributed by atoms with Crippen LogP contribution in [0.25, 0.3) is 5.69 Å². The van der Waals surface area contributed by atoms with Crippen LogP contribution >= 0.6 is 11.8 Å². The van der Waals surface area contributed by atoms with Crippen LogP contribution in [0.15, 0.2) is 47.8 Å². The summed E-state index contributed by atoms with van der Waals surface area (Å²) in [5, 5.41) is 14.4. The van der Waals surface area contributed by atoms with Crippen molar-refractivity contribution in [1.82, 2.24) is 30.1 Å². The van der Waals surface area contributed by atoms with Crippen molar-refractivity contribution in [2.75, 3.05) is 12.4 Å². The molecule has 3 aromatic rings. The fourth-order valence-corrected chi connectivity index (χ4v) is 3.07. The first-order valence-electron chi connectivity index (χ1n) is 8.19. The number of hydrogen-bond donors (Lipinski definition) is 1. The Morgan fingerprint density at radius 1 is 1.22 bits per heavy atom. The van der Waals surface area contributed by atoms with E-state index in [-0.39, 0.29) is 5.75 Å². The zero-order valence-electron chi connectivity index (χ0n) is 14.8. The van der Waals surface area contributed by atoms with E-state index in [9.17, 15) is 9.59 Å². The van der Waals surface area contributed by atoms with Crippen LogP contribution in [0.1, 0.15) is 17.4 Å². The third-order valence-electron chi connectivity index (χ3n) is 3.60. The van der Waals surface area contributed by atoms with Crippen molar-refractivity contribution < 1.29 is 14.3 Å². The van der Waals surface area contributed by atoms with Gasteiger partial charge < -0.3 is 9.30 Å². The number of aryl methyl sites for hydroxylation is 1. The maximum absolute atomic E-state index is 12.1. The second kappa shape index (κ2) is 8.49. The monoisotopic (exact) mass is 386 g/mol. The van der Waals surface area contributed by atoms with Crippen molar-refractivity contribution in [2.24, 2.45) is 7.05 Å². The molecule has 0 aliphatic heterocycles. The first-order chi connectivity index (χ1) is 13.1. The average molecular weight is 386 g/mol. The summed E-state index contributed by atoms with van der Waals surface area (Å²) in [4.78, 5) is 24.2. The molecule has 140 valence electrons. The molecule has 0 spiro atoms. The van der Waals surface area contributed by atoms with Crippen LogP contribution in [0.5, 0.6) is 5.75 Å². The Bertz CT molecular complexity index is 952. The van der Waals surface area contributed by atoms with E-state index in [0.717, 1.165) is 11.8 Å². The number of hydrogen-bond acceptors (Lipinski definition) is 7. The largest absolute Gasteiger partial charge is 0.492 e. The molecule has 10 heteroatoms. The van der Waals surface area contributed by atoms with Gasteiger partial charge >= 0.3 is 0 Å². The van der Waals surface area contributed by atoms with E-state index in [1.165, 1.54) is 4.68 Å². The molecule has 2 aromatic heterocycles. The lowest BCUT2D eigenvalue weighted by atomic mass is 10.3. The van der Waals surface area contributed by atoms with Gasteiger partial charge in [-0.3, -0.25) is 14.9 Å². The molecule has 0 saturated heterocycles. The Labute approximate surface area is 159 Å². The summed E-state index contributed by atoms with van der Waals surface area (Å²) in [7, 11) is 1.73. The molecular formula is C17H18N6O3S. The van der Waals surface area contributed by atoms with Crippen molar-refractivity contribution in [3.63, 3.8) is 0 Å².